The van der Waals surface area contributed by atoms with Crippen molar-refractivity contribution in [2.75, 3.05) is 32.8 Å². The molecule has 1 aliphatic rings. The molecule has 0 radical (unpaired) electrons. The number of amides is 2. The van der Waals surface area contributed by atoms with Gasteiger partial charge in [-0.2, -0.15) is 0 Å². The summed E-state index contributed by atoms with van der Waals surface area (Å²) in [5, 5.41) is 4.68. The molecular weight excluding hydrogens is 420 g/mol. The van der Waals surface area contributed by atoms with Gasteiger partial charge in [-0.25, -0.2) is 9.78 Å². The molecule has 3 aromatic rings. The molecule has 0 atom stereocenters. The Bertz CT molecular complexity index is 1150. The van der Waals surface area contributed by atoms with Crippen LogP contribution in [0, 0.1) is 19.8 Å². The van der Waals surface area contributed by atoms with Gasteiger partial charge in [0.1, 0.15) is 0 Å². The Labute approximate surface area is 193 Å². The van der Waals surface area contributed by atoms with Crippen LogP contribution in [-0.2, 0) is 4.74 Å². The smallest absolute Gasteiger partial charge is 0.409 e. The van der Waals surface area contributed by atoms with Crippen molar-refractivity contribution in [3.8, 4) is 11.3 Å². The third-order valence-corrected chi connectivity index (χ3v) is 5.78. The first-order valence-electron chi connectivity index (χ1n) is 11.4. The fraction of sp³-hybridized carbons (Fsp3) is 0.440. The molecule has 0 bridgehead atoms. The highest BCUT2D eigenvalue weighted by molar-refractivity contribution is 6.07. The van der Waals surface area contributed by atoms with Crippen LogP contribution in [0.4, 0.5) is 4.79 Å². The van der Waals surface area contributed by atoms with E-state index in [9.17, 15) is 9.59 Å². The number of nitrogens with zero attached hydrogens (tertiary/aromatic N) is 4. The summed E-state index contributed by atoms with van der Waals surface area (Å²) in [6.45, 7) is 10.2. The zero-order valence-corrected chi connectivity index (χ0v) is 19.6. The average molecular weight is 451 g/mol. The first-order chi connectivity index (χ1) is 15.8. The first-order valence-corrected chi connectivity index (χ1v) is 11.4. The molecule has 8 nitrogen and oxygen atoms in total. The zero-order valence-electron chi connectivity index (χ0n) is 19.6. The lowest BCUT2D eigenvalue weighted by Crippen LogP contribution is -2.38. The second-order valence-electron chi connectivity index (χ2n) is 8.97. The van der Waals surface area contributed by atoms with Crippen molar-refractivity contribution < 1.29 is 18.8 Å². The van der Waals surface area contributed by atoms with Gasteiger partial charge < -0.3 is 19.1 Å². The number of fused-ring (bicyclic) bond motifs is 1. The van der Waals surface area contributed by atoms with Crippen molar-refractivity contribution >= 4 is 23.1 Å². The Hall–Kier alpha value is -3.42. The van der Waals surface area contributed by atoms with E-state index < -0.39 is 0 Å². The number of carbonyl (C=O) groups is 2. The van der Waals surface area contributed by atoms with Crippen LogP contribution in [0.25, 0.3) is 22.4 Å². The molecule has 0 N–H and O–H groups in total. The standard InChI is InChI=1S/C25H30N4O4/c1-16(2)15-32-25(31)29-11-5-10-28(12-13-29)24(30)20-14-21(19-8-6-17(3)7-9-19)26-23-22(20)18(4)27-33-23/h6-9,14,16H,5,10-13,15H2,1-4H3. The first kappa shape index (κ1) is 22.8. The fourth-order valence-electron chi connectivity index (χ4n) is 3.94. The number of pyridine rings is 1. The molecule has 0 unspecified atom stereocenters. The Morgan fingerprint density at radius 3 is 2.48 bits per heavy atom. The van der Waals surface area contributed by atoms with Crippen molar-refractivity contribution in [1.82, 2.24) is 19.9 Å². The highest BCUT2D eigenvalue weighted by atomic mass is 16.6. The van der Waals surface area contributed by atoms with Gasteiger partial charge in [0.15, 0.2) is 0 Å². The van der Waals surface area contributed by atoms with Crippen molar-refractivity contribution in [2.24, 2.45) is 5.92 Å². The summed E-state index contributed by atoms with van der Waals surface area (Å²) in [5.74, 6) is 0.169. The molecule has 4 rings (SSSR count). The molecule has 8 heteroatoms. The van der Waals surface area contributed by atoms with E-state index >= 15 is 0 Å². The van der Waals surface area contributed by atoms with Gasteiger partial charge in [0, 0.05) is 31.7 Å². The Morgan fingerprint density at radius 1 is 1.06 bits per heavy atom. The molecular formula is C25H30N4O4. The average Bonchev–Trinajstić information content (AvgIpc) is 3.01. The maximum atomic E-state index is 13.6. The van der Waals surface area contributed by atoms with Crippen LogP contribution >= 0.6 is 0 Å². The van der Waals surface area contributed by atoms with E-state index in [0.717, 1.165) is 11.1 Å². The van der Waals surface area contributed by atoms with Crippen molar-refractivity contribution in [1.29, 1.82) is 0 Å². The molecule has 3 heterocycles. The van der Waals surface area contributed by atoms with Crippen LogP contribution in [0.3, 0.4) is 0 Å². The molecule has 0 saturated carbocycles. The minimum atomic E-state index is -0.319. The van der Waals surface area contributed by atoms with Gasteiger partial charge in [0.05, 0.1) is 28.9 Å². The molecule has 1 saturated heterocycles. The molecule has 0 aliphatic carbocycles. The van der Waals surface area contributed by atoms with E-state index in [1.54, 1.807) is 9.80 Å². The van der Waals surface area contributed by atoms with E-state index in [1.165, 1.54) is 0 Å². The van der Waals surface area contributed by atoms with E-state index in [1.807, 2.05) is 58.0 Å². The van der Waals surface area contributed by atoms with Gasteiger partial charge in [-0.1, -0.05) is 48.8 Å². The van der Waals surface area contributed by atoms with E-state index in [-0.39, 0.29) is 17.9 Å². The number of aromatic nitrogens is 2. The van der Waals surface area contributed by atoms with Gasteiger partial charge in [-0.15, -0.1) is 0 Å². The number of benzene rings is 1. The zero-order chi connectivity index (χ0) is 23.5. The van der Waals surface area contributed by atoms with Gasteiger partial charge >= 0.3 is 6.09 Å². The van der Waals surface area contributed by atoms with Crippen LogP contribution in [0.15, 0.2) is 34.9 Å². The van der Waals surface area contributed by atoms with Crippen molar-refractivity contribution in [3.05, 3.63) is 47.2 Å². The quantitative estimate of drug-likeness (QED) is 0.584. The molecule has 0 spiro atoms. The maximum absolute atomic E-state index is 13.6. The molecule has 1 aliphatic heterocycles. The third-order valence-electron chi connectivity index (χ3n) is 5.78. The number of rotatable bonds is 4. The lowest BCUT2D eigenvalue weighted by molar-refractivity contribution is 0.0748. The predicted molar refractivity (Wildman–Crippen MR) is 125 cm³/mol. The molecule has 174 valence electrons. The molecule has 33 heavy (non-hydrogen) atoms. The molecule has 2 amide bonds. The summed E-state index contributed by atoms with van der Waals surface area (Å²) < 4.78 is 10.8. The summed E-state index contributed by atoms with van der Waals surface area (Å²) in [7, 11) is 0. The van der Waals surface area contributed by atoms with Crippen LogP contribution in [0.2, 0.25) is 0 Å². The Morgan fingerprint density at radius 2 is 1.76 bits per heavy atom. The van der Waals surface area contributed by atoms with E-state index in [2.05, 4.69) is 10.1 Å². The van der Waals surface area contributed by atoms with E-state index in [4.69, 9.17) is 9.26 Å². The summed E-state index contributed by atoms with van der Waals surface area (Å²) in [6.07, 6.45) is 0.366. The summed E-state index contributed by atoms with van der Waals surface area (Å²) in [5.41, 5.74) is 4.21. The van der Waals surface area contributed by atoms with Crippen LogP contribution in [-0.4, -0.2) is 64.7 Å². The van der Waals surface area contributed by atoms with Crippen LogP contribution in [0.5, 0.6) is 0 Å². The molecule has 2 aromatic heterocycles. The molecule has 1 fully saturated rings. The lowest BCUT2D eigenvalue weighted by atomic mass is 10.0. The minimum absolute atomic E-state index is 0.112. The SMILES string of the molecule is Cc1ccc(-c2cc(C(=O)N3CCCN(C(=O)OCC(C)C)CC3)c3c(C)noc3n2)cc1. The lowest BCUT2D eigenvalue weighted by Gasteiger charge is -2.22. The van der Waals surface area contributed by atoms with Gasteiger partial charge in [0.2, 0.25) is 0 Å². The summed E-state index contributed by atoms with van der Waals surface area (Å²) >= 11 is 0. The Balaban J connectivity index is 1.59. The number of ether oxygens (including phenoxy) is 1. The normalized spacial score (nSPS) is 14.6. The van der Waals surface area contributed by atoms with Gasteiger partial charge in [-0.3, -0.25) is 4.79 Å². The minimum Gasteiger partial charge on any atom is -0.449 e. The predicted octanol–water partition coefficient (Wildman–Crippen LogP) is 4.45. The third kappa shape index (κ3) is 4.99. The van der Waals surface area contributed by atoms with Crippen LogP contribution < -0.4 is 0 Å². The van der Waals surface area contributed by atoms with E-state index in [0.29, 0.717) is 67.3 Å². The summed E-state index contributed by atoms with van der Waals surface area (Å²) in [4.78, 5) is 34.1. The summed E-state index contributed by atoms with van der Waals surface area (Å²) in [6, 6.07) is 9.80. The largest absolute Gasteiger partial charge is 0.449 e. The molecule has 1 aromatic carbocycles. The topological polar surface area (TPSA) is 88.8 Å². The monoisotopic (exact) mass is 450 g/mol. The second kappa shape index (κ2) is 9.60. The number of aryl methyl sites for hydroxylation is 2. The number of carbonyl (C=O) groups excluding carboxylic acids is 2. The Kier molecular flexibility index (Phi) is 6.62. The second-order valence-corrected chi connectivity index (χ2v) is 8.97. The van der Waals surface area contributed by atoms with Crippen LogP contribution in [0.1, 0.15) is 41.9 Å². The van der Waals surface area contributed by atoms with Crippen molar-refractivity contribution in [3.63, 3.8) is 0 Å². The van der Waals surface area contributed by atoms with Gasteiger partial charge in [-0.05, 0) is 32.3 Å². The highest BCUT2D eigenvalue weighted by Gasteiger charge is 2.27. The van der Waals surface area contributed by atoms with Gasteiger partial charge in [0.25, 0.3) is 11.6 Å². The highest BCUT2D eigenvalue weighted by Crippen LogP contribution is 2.28. The maximum Gasteiger partial charge on any atom is 0.409 e. The number of hydrogen-bond acceptors (Lipinski definition) is 6. The van der Waals surface area contributed by atoms with Crippen molar-refractivity contribution in [2.45, 2.75) is 34.1 Å². The number of hydrogen-bond donors (Lipinski definition) is 0. The fourth-order valence-corrected chi connectivity index (χ4v) is 3.94.